The Morgan fingerprint density at radius 1 is 0.808 bits per heavy atom. The largest absolute Gasteiger partial charge is 0.307 e. The molecule has 0 saturated heterocycles. The van der Waals surface area contributed by atoms with E-state index < -0.39 is 11.1 Å². The van der Waals surface area contributed by atoms with Crippen molar-refractivity contribution in [2.45, 2.75) is 52.6 Å². The van der Waals surface area contributed by atoms with Crippen LogP contribution in [0.25, 0.3) is 0 Å². The van der Waals surface area contributed by atoms with Gasteiger partial charge in [0, 0.05) is 0 Å². The summed E-state index contributed by atoms with van der Waals surface area (Å²) >= 11 is 0. The number of carbonyl (C=O) groups excluding carboxylic acids is 2. The molecule has 2 atom stereocenters. The molecule has 0 spiro atoms. The summed E-state index contributed by atoms with van der Waals surface area (Å²) in [6, 6.07) is 5.39. The molecular weight excluding hydrogens is 330 g/mol. The third kappa shape index (κ3) is 2.71. The van der Waals surface area contributed by atoms with Crippen LogP contribution in [0, 0.1) is 11.8 Å². The standard InChI is InChI=1S/C19H25N5O2/c1-10(2)18(5)16(25)21-14(23-18)12-8-7-9-13(20-12)15-22-17(26)19(6,24-15)11(3)4/h7-11H,1-6H3,(H,21,23,25)(H,22,24,26)/t18-,19-/m1/s1. The maximum atomic E-state index is 12.3. The average molecular weight is 355 g/mol. The van der Waals surface area contributed by atoms with Crippen molar-refractivity contribution in [1.29, 1.82) is 0 Å². The van der Waals surface area contributed by atoms with Crippen LogP contribution in [0.15, 0.2) is 28.2 Å². The summed E-state index contributed by atoms with van der Waals surface area (Å²) in [5, 5.41) is 5.65. The van der Waals surface area contributed by atoms with Gasteiger partial charge in [0.05, 0.1) is 0 Å². The molecule has 7 heteroatoms. The lowest BCUT2D eigenvalue weighted by molar-refractivity contribution is -0.125. The Morgan fingerprint density at radius 2 is 1.19 bits per heavy atom. The van der Waals surface area contributed by atoms with Gasteiger partial charge in [-0.05, 0) is 37.8 Å². The van der Waals surface area contributed by atoms with E-state index in [2.05, 4.69) is 25.6 Å². The van der Waals surface area contributed by atoms with Gasteiger partial charge in [-0.1, -0.05) is 33.8 Å². The van der Waals surface area contributed by atoms with Gasteiger partial charge < -0.3 is 10.6 Å². The minimum atomic E-state index is -0.803. The van der Waals surface area contributed by atoms with Gasteiger partial charge in [-0.3, -0.25) is 9.59 Å². The molecule has 0 radical (unpaired) electrons. The van der Waals surface area contributed by atoms with Crippen LogP contribution in [0.1, 0.15) is 52.9 Å². The normalized spacial score (nSPS) is 28.3. The molecule has 0 unspecified atom stereocenters. The number of hydrogen-bond donors (Lipinski definition) is 2. The minimum Gasteiger partial charge on any atom is -0.307 e. The van der Waals surface area contributed by atoms with Gasteiger partial charge in [-0.2, -0.15) is 0 Å². The van der Waals surface area contributed by atoms with Crippen molar-refractivity contribution in [3.8, 4) is 0 Å². The lowest BCUT2D eigenvalue weighted by Gasteiger charge is -2.21. The van der Waals surface area contributed by atoms with Crippen LogP contribution in [0.2, 0.25) is 0 Å². The number of pyridine rings is 1. The molecule has 2 aliphatic heterocycles. The van der Waals surface area contributed by atoms with Crippen LogP contribution >= 0.6 is 0 Å². The summed E-state index contributed by atoms with van der Waals surface area (Å²) in [6.07, 6.45) is 0. The number of nitrogens with one attached hydrogen (secondary N) is 2. The van der Waals surface area contributed by atoms with E-state index >= 15 is 0 Å². The smallest absolute Gasteiger partial charge is 0.253 e. The number of nitrogens with zero attached hydrogens (tertiary/aromatic N) is 3. The van der Waals surface area contributed by atoms with Crippen molar-refractivity contribution in [3.05, 3.63) is 29.6 Å². The van der Waals surface area contributed by atoms with Crippen molar-refractivity contribution in [2.24, 2.45) is 21.8 Å². The van der Waals surface area contributed by atoms with Gasteiger partial charge >= 0.3 is 0 Å². The van der Waals surface area contributed by atoms with E-state index in [0.717, 1.165) is 0 Å². The second kappa shape index (κ2) is 6.00. The Bertz CT molecular complexity index is 777. The van der Waals surface area contributed by atoms with Crippen LogP contribution in [0.5, 0.6) is 0 Å². The molecule has 1 aromatic heterocycles. The summed E-state index contributed by atoms with van der Waals surface area (Å²) in [5.41, 5.74) is -0.504. The van der Waals surface area contributed by atoms with Gasteiger partial charge in [-0.15, -0.1) is 0 Å². The quantitative estimate of drug-likeness (QED) is 0.860. The average Bonchev–Trinajstić information content (AvgIpc) is 3.07. The summed E-state index contributed by atoms with van der Waals surface area (Å²) in [7, 11) is 0. The number of carbonyl (C=O) groups is 2. The number of hydrogen-bond acceptors (Lipinski definition) is 5. The minimum absolute atomic E-state index is 0.0634. The van der Waals surface area contributed by atoms with Crippen molar-refractivity contribution < 1.29 is 9.59 Å². The monoisotopic (exact) mass is 355 g/mol. The first-order valence-electron chi connectivity index (χ1n) is 8.88. The number of rotatable bonds is 4. The number of aromatic nitrogens is 1. The molecule has 3 rings (SSSR count). The van der Waals surface area contributed by atoms with Gasteiger partial charge in [0.25, 0.3) is 11.8 Å². The molecule has 138 valence electrons. The molecule has 2 amide bonds. The van der Waals surface area contributed by atoms with Crippen LogP contribution < -0.4 is 10.6 Å². The predicted octanol–water partition coefficient (Wildman–Crippen LogP) is 1.66. The zero-order valence-electron chi connectivity index (χ0n) is 16.0. The fourth-order valence-electron chi connectivity index (χ4n) is 2.81. The third-order valence-electron chi connectivity index (χ3n) is 5.55. The van der Waals surface area contributed by atoms with Gasteiger partial charge in [0.1, 0.15) is 22.5 Å². The van der Waals surface area contributed by atoms with Crippen molar-refractivity contribution in [2.75, 3.05) is 0 Å². The predicted molar refractivity (Wildman–Crippen MR) is 100 cm³/mol. The second-order valence-electron chi connectivity index (χ2n) is 7.84. The van der Waals surface area contributed by atoms with Gasteiger partial charge in [0.15, 0.2) is 11.7 Å². The van der Waals surface area contributed by atoms with E-state index in [4.69, 9.17) is 0 Å². The van der Waals surface area contributed by atoms with Crippen LogP contribution in [0.3, 0.4) is 0 Å². The molecule has 3 heterocycles. The van der Waals surface area contributed by atoms with E-state index in [1.165, 1.54) is 0 Å². The van der Waals surface area contributed by atoms with E-state index in [0.29, 0.717) is 23.1 Å². The Labute approximate surface area is 153 Å². The van der Waals surface area contributed by atoms with Crippen LogP contribution in [0.4, 0.5) is 0 Å². The number of amidine groups is 2. The molecule has 26 heavy (non-hydrogen) atoms. The van der Waals surface area contributed by atoms with Crippen molar-refractivity contribution in [1.82, 2.24) is 15.6 Å². The number of aliphatic imine (C=N–C) groups is 2. The topological polar surface area (TPSA) is 95.8 Å². The first-order valence-corrected chi connectivity index (χ1v) is 8.88. The SMILES string of the molecule is CC(C)[C@@]1(C)N=C(c2cccc(C3=N[C@](C)(C(C)C)C(=O)N3)n2)NC1=O. The Hall–Kier alpha value is -2.57. The molecule has 0 aliphatic carbocycles. The third-order valence-corrected chi connectivity index (χ3v) is 5.55. The van der Waals surface area contributed by atoms with Crippen LogP contribution in [-0.2, 0) is 9.59 Å². The van der Waals surface area contributed by atoms with Crippen LogP contribution in [-0.4, -0.2) is 39.5 Å². The summed E-state index contributed by atoms with van der Waals surface area (Å²) in [6.45, 7) is 11.5. The Morgan fingerprint density at radius 3 is 1.50 bits per heavy atom. The highest BCUT2D eigenvalue weighted by Gasteiger charge is 2.43. The maximum absolute atomic E-state index is 12.3. The zero-order valence-corrected chi connectivity index (χ0v) is 16.0. The lowest BCUT2D eigenvalue weighted by Crippen LogP contribution is -2.41. The molecule has 0 aromatic carbocycles. The summed E-state index contributed by atoms with van der Waals surface area (Å²) < 4.78 is 0. The van der Waals surface area contributed by atoms with Gasteiger partial charge in [0.2, 0.25) is 0 Å². The van der Waals surface area contributed by atoms with E-state index in [-0.39, 0.29) is 23.7 Å². The molecule has 0 saturated carbocycles. The van der Waals surface area contributed by atoms with E-state index in [9.17, 15) is 9.59 Å². The molecule has 2 aliphatic rings. The highest BCUT2D eigenvalue weighted by molar-refractivity contribution is 6.16. The lowest BCUT2D eigenvalue weighted by atomic mass is 9.89. The molecular formula is C19H25N5O2. The highest BCUT2D eigenvalue weighted by atomic mass is 16.2. The Kier molecular flexibility index (Phi) is 4.21. The van der Waals surface area contributed by atoms with E-state index in [1.807, 2.05) is 47.6 Å². The van der Waals surface area contributed by atoms with Gasteiger partial charge in [-0.25, -0.2) is 15.0 Å². The molecule has 7 nitrogen and oxygen atoms in total. The zero-order chi connectivity index (χ0) is 19.3. The van der Waals surface area contributed by atoms with E-state index in [1.54, 1.807) is 12.1 Å². The number of amides is 2. The maximum Gasteiger partial charge on any atom is 0.253 e. The molecule has 1 aromatic rings. The first-order chi connectivity index (χ1) is 12.1. The molecule has 0 bridgehead atoms. The summed E-state index contributed by atoms with van der Waals surface area (Å²) in [4.78, 5) is 38.4. The first kappa shape index (κ1) is 18.2. The fourth-order valence-corrected chi connectivity index (χ4v) is 2.81. The molecule has 0 fully saturated rings. The Balaban J connectivity index is 1.96. The summed E-state index contributed by atoms with van der Waals surface area (Å²) in [5.74, 6) is 0.762. The van der Waals surface area contributed by atoms with Crippen molar-refractivity contribution >= 4 is 23.5 Å². The second-order valence-corrected chi connectivity index (χ2v) is 7.84. The van der Waals surface area contributed by atoms with Crippen molar-refractivity contribution in [3.63, 3.8) is 0 Å². The highest BCUT2D eigenvalue weighted by Crippen LogP contribution is 2.28. The molecule has 2 N–H and O–H groups in total. The fraction of sp³-hybridized carbons (Fsp3) is 0.526.